The molecule has 11 atom stereocenters. The number of esters is 1. The van der Waals surface area contributed by atoms with Crippen molar-refractivity contribution in [2.45, 2.75) is 116 Å². The summed E-state index contributed by atoms with van der Waals surface area (Å²) < 4.78 is 18.3. The molecular weight excluding hydrogens is 514 g/mol. The minimum absolute atomic E-state index is 0.0453. The Labute approximate surface area is 240 Å². The summed E-state index contributed by atoms with van der Waals surface area (Å²) in [6, 6.07) is -0.193. The van der Waals surface area contributed by atoms with Gasteiger partial charge in [0, 0.05) is 30.4 Å². The predicted octanol–water partition coefficient (Wildman–Crippen LogP) is 3.25. The third kappa shape index (κ3) is 9.74. The quantitative estimate of drug-likeness (QED) is 0.415. The van der Waals surface area contributed by atoms with E-state index >= 15 is 0 Å². The molecule has 1 saturated heterocycles. The van der Waals surface area contributed by atoms with Gasteiger partial charge in [0.05, 0.1) is 24.7 Å². The van der Waals surface area contributed by atoms with Gasteiger partial charge in [0.15, 0.2) is 12.1 Å². The van der Waals surface area contributed by atoms with Crippen molar-refractivity contribution in [2.24, 2.45) is 23.7 Å². The van der Waals surface area contributed by atoms with E-state index in [2.05, 4.69) is 0 Å². The molecule has 230 valence electrons. The summed E-state index contributed by atoms with van der Waals surface area (Å²) in [5.41, 5.74) is 0.893. The molecule has 3 N–H and O–H groups in total. The molecule has 0 aromatic rings. The Morgan fingerprint density at radius 2 is 1.75 bits per heavy atom. The highest BCUT2D eigenvalue weighted by Crippen LogP contribution is 2.34. The molecule has 0 saturated carbocycles. The minimum Gasteiger partial charge on any atom is -0.462 e. The minimum atomic E-state index is -1.11. The Morgan fingerprint density at radius 3 is 2.35 bits per heavy atom. The number of carbonyl (C=O) groups excluding carboxylic acids is 2. The molecule has 0 aliphatic carbocycles. The Hall–Kier alpha value is -1.62. The van der Waals surface area contributed by atoms with E-state index in [4.69, 9.17) is 14.2 Å². The number of aliphatic hydroxyl groups is 3. The Bertz CT molecular complexity index is 873. The smallest absolute Gasteiger partial charge is 0.308 e. The van der Waals surface area contributed by atoms with Crippen LogP contribution in [-0.4, -0.2) is 95.5 Å². The monoisotopic (exact) mass is 567 g/mol. The van der Waals surface area contributed by atoms with Crippen LogP contribution in [0.4, 0.5) is 0 Å². The molecule has 40 heavy (non-hydrogen) atoms. The van der Waals surface area contributed by atoms with Crippen molar-refractivity contribution in [3.05, 3.63) is 23.8 Å². The fourth-order valence-electron chi connectivity index (χ4n) is 5.94. The van der Waals surface area contributed by atoms with Crippen molar-refractivity contribution in [1.82, 2.24) is 4.90 Å². The number of allylic oxidation sites excluding steroid dienone is 3. The number of aliphatic hydroxyl groups excluding tert-OH is 3. The van der Waals surface area contributed by atoms with Gasteiger partial charge in [-0.15, -0.1) is 0 Å². The number of likely N-dealkylation sites (N-methyl/N-ethyl adjacent to an activating group) is 1. The van der Waals surface area contributed by atoms with Crippen LogP contribution in [0.15, 0.2) is 23.8 Å². The molecule has 0 amide bonds. The van der Waals surface area contributed by atoms with Gasteiger partial charge in [0.2, 0.25) is 0 Å². The molecule has 9 heteroatoms. The fourth-order valence-corrected chi connectivity index (χ4v) is 5.94. The van der Waals surface area contributed by atoms with E-state index in [1.807, 2.05) is 59.7 Å². The molecule has 2 rings (SSSR count). The molecule has 2 heterocycles. The maximum absolute atomic E-state index is 13.1. The van der Waals surface area contributed by atoms with Crippen LogP contribution in [0.5, 0.6) is 0 Å². The number of nitrogens with zero attached hydrogens (tertiary/aromatic N) is 1. The van der Waals surface area contributed by atoms with Crippen molar-refractivity contribution in [3.63, 3.8) is 0 Å². The zero-order chi connectivity index (χ0) is 30.1. The normalized spacial score (nSPS) is 41.3. The second kappa shape index (κ2) is 16.1. The largest absolute Gasteiger partial charge is 0.462 e. The van der Waals surface area contributed by atoms with Gasteiger partial charge < -0.3 is 34.4 Å². The summed E-state index contributed by atoms with van der Waals surface area (Å²) in [5.74, 6) is -1.92. The predicted molar refractivity (Wildman–Crippen MR) is 153 cm³/mol. The number of carbonyl (C=O) groups is 2. The van der Waals surface area contributed by atoms with Crippen LogP contribution in [0, 0.1) is 23.7 Å². The lowest BCUT2D eigenvalue weighted by molar-refractivity contribution is -0.283. The van der Waals surface area contributed by atoms with Gasteiger partial charge in [-0.3, -0.25) is 9.59 Å². The summed E-state index contributed by atoms with van der Waals surface area (Å²) in [6.45, 7) is 11.2. The van der Waals surface area contributed by atoms with Crippen LogP contribution in [-0.2, 0) is 23.8 Å². The van der Waals surface area contributed by atoms with Crippen molar-refractivity contribution in [1.29, 1.82) is 0 Å². The van der Waals surface area contributed by atoms with Gasteiger partial charge >= 0.3 is 5.97 Å². The van der Waals surface area contributed by atoms with Crippen LogP contribution in [0.25, 0.3) is 0 Å². The van der Waals surface area contributed by atoms with E-state index in [1.54, 1.807) is 19.1 Å². The molecule has 1 fully saturated rings. The van der Waals surface area contributed by atoms with Crippen LogP contribution in [0.2, 0.25) is 0 Å². The maximum atomic E-state index is 13.1. The summed E-state index contributed by atoms with van der Waals surface area (Å²) in [7, 11) is 3.79. The van der Waals surface area contributed by atoms with Gasteiger partial charge in [-0.1, -0.05) is 45.4 Å². The molecule has 0 bridgehead atoms. The maximum Gasteiger partial charge on any atom is 0.308 e. The van der Waals surface area contributed by atoms with Gasteiger partial charge in [-0.05, 0) is 65.6 Å². The zero-order valence-electron chi connectivity index (χ0n) is 25.7. The van der Waals surface area contributed by atoms with E-state index in [0.717, 1.165) is 5.57 Å². The standard InChI is InChI=1S/C31H53NO8/c1-9-27-20(4)14-18(2)10-11-25(34)19(3)15-23(12-13-33)30(22(6)26(35)17-28(36)39-27)40-31-29(37)24(32(7)8)16-21(5)38-31/h10-11,14,19-24,26-27,29-31,33,35,37H,9,12-13,15-17H2,1-8H3/b11-10-,18-14-/t19-,20-,21-,22+,23+,24-,26-,27+,29+,30+,31+/m0/s1. The summed E-state index contributed by atoms with van der Waals surface area (Å²) in [6.07, 6.45) is 2.78. The number of hydrogen-bond donors (Lipinski definition) is 3. The van der Waals surface area contributed by atoms with E-state index in [9.17, 15) is 24.9 Å². The van der Waals surface area contributed by atoms with Gasteiger partial charge in [-0.25, -0.2) is 0 Å². The number of ketones is 1. The Balaban J connectivity index is 2.47. The third-order valence-electron chi connectivity index (χ3n) is 8.48. The second-order valence-electron chi connectivity index (χ2n) is 12.2. The molecule has 2 aliphatic heterocycles. The fraction of sp³-hybridized carbons (Fsp3) is 0.806. The third-order valence-corrected chi connectivity index (χ3v) is 8.48. The van der Waals surface area contributed by atoms with Crippen molar-refractivity contribution in [3.8, 4) is 0 Å². The van der Waals surface area contributed by atoms with E-state index in [-0.39, 0.29) is 54.8 Å². The van der Waals surface area contributed by atoms with E-state index in [0.29, 0.717) is 25.7 Å². The Morgan fingerprint density at radius 1 is 1.07 bits per heavy atom. The lowest BCUT2D eigenvalue weighted by Gasteiger charge is -2.44. The molecule has 0 aromatic heterocycles. The highest BCUT2D eigenvalue weighted by molar-refractivity contribution is 5.91. The lowest BCUT2D eigenvalue weighted by atomic mass is 9.79. The molecule has 0 radical (unpaired) electrons. The molecular formula is C31H53NO8. The van der Waals surface area contributed by atoms with Crippen LogP contribution >= 0.6 is 0 Å². The summed E-state index contributed by atoms with van der Waals surface area (Å²) >= 11 is 0. The molecule has 0 spiro atoms. The zero-order valence-corrected chi connectivity index (χ0v) is 25.7. The van der Waals surface area contributed by atoms with Crippen LogP contribution in [0.3, 0.4) is 0 Å². The number of rotatable bonds is 6. The first kappa shape index (κ1) is 34.6. The van der Waals surface area contributed by atoms with Crippen molar-refractivity contribution < 1.29 is 39.1 Å². The molecule has 0 unspecified atom stereocenters. The highest BCUT2D eigenvalue weighted by atomic mass is 16.7. The van der Waals surface area contributed by atoms with Gasteiger partial charge in [-0.2, -0.15) is 0 Å². The first-order valence-corrected chi connectivity index (χ1v) is 14.8. The average molecular weight is 568 g/mol. The molecule has 2 aliphatic rings. The number of ether oxygens (including phenoxy) is 3. The van der Waals surface area contributed by atoms with Crippen LogP contribution < -0.4 is 0 Å². The topological polar surface area (TPSA) is 126 Å². The summed E-state index contributed by atoms with van der Waals surface area (Å²) in [4.78, 5) is 28.0. The van der Waals surface area contributed by atoms with Gasteiger partial charge in [0.1, 0.15) is 12.2 Å². The summed E-state index contributed by atoms with van der Waals surface area (Å²) in [5, 5.41) is 32.4. The van der Waals surface area contributed by atoms with Gasteiger partial charge in [0.25, 0.3) is 0 Å². The van der Waals surface area contributed by atoms with Crippen molar-refractivity contribution >= 4 is 11.8 Å². The first-order valence-electron chi connectivity index (χ1n) is 14.8. The van der Waals surface area contributed by atoms with E-state index in [1.165, 1.54) is 0 Å². The number of hydrogen-bond acceptors (Lipinski definition) is 9. The van der Waals surface area contributed by atoms with E-state index < -0.39 is 36.5 Å². The number of cyclic esters (lactones) is 1. The average Bonchev–Trinajstić information content (AvgIpc) is 2.88. The molecule has 0 aromatic carbocycles. The molecule has 9 nitrogen and oxygen atoms in total. The Kier molecular flexibility index (Phi) is 13.9. The van der Waals surface area contributed by atoms with Crippen LogP contribution in [0.1, 0.15) is 73.6 Å². The highest BCUT2D eigenvalue weighted by Gasteiger charge is 2.43. The first-order chi connectivity index (χ1) is 18.8. The second-order valence-corrected chi connectivity index (χ2v) is 12.2. The SMILES string of the molecule is CC[C@H]1OC(=O)C[C@H](O)[C@@H](C)[C@@H](O[C@H]2O[C@@H](C)C[C@H](N(C)C)[C@H]2O)[C@H](CCO)C[C@H](C)C(=O)/C=C\C(C)=C/[C@@H]1C. The van der Waals surface area contributed by atoms with Crippen molar-refractivity contribution in [2.75, 3.05) is 20.7 Å². The lowest BCUT2D eigenvalue weighted by Crippen LogP contribution is -2.56.